The number of hydrogen-bond donors (Lipinski definition) is 1. The second-order valence-electron chi connectivity index (χ2n) is 8.02. The van der Waals surface area contributed by atoms with E-state index in [0.29, 0.717) is 49.9 Å². The van der Waals surface area contributed by atoms with Crippen LogP contribution in [0, 0.1) is 6.92 Å². The molecule has 4 rings (SSSR count). The van der Waals surface area contributed by atoms with E-state index >= 15 is 0 Å². The first-order valence-electron chi connectivity index (χ1n) is 11.5. The molecule has 1 fully saturated rings. The van der Waals surface area contributed by atoms with Gasteiger partial charge in [0.25, 0.3) is 6.43 Å². The summed E-state index contributed by atoms with van der Waals surface area (Å²) >= 11 is 0. The number of aryl methyl sites for hydroxylation is 1. The van der Waals surface area contributed by atoms with Crippen molar-refractivity contribution in [3.8, 4) is 0 Å². The van der Waals surface area contributed by atoms with Crippen LogP contribution >= 0.6 is 0 Å². The Hall–Kier alpha value is -2.75. The third-order valence-electron chi connectivity index (χ3n) is 6.13. The van der Waals surface area contributed by atoms with Gasteiger partial charge in [-0.2, -0.15) is 5.10 Å². The Morgan fingerprint density at radius 2 is 2.00 bits per heavy atom. The van der Waals surface area contributed by atoms with E-state index in [1.54, 1.807) is 30.8 Å². The number of rotatable bonds is 4. The maximum atomic E-state index is 13.4. The van der Waals surface area contributed by atoms with Gasteiger partial charge >= 0.3 is 6.03 Å². The molecule has 2 aliphatic heterocycles. The summed E-state index contributed by atoms with van der Waals surface area (Å²) in [5.41, 5.74) is 2.44. The van der Waals surface area contributed by atoms with E-state index in [9.17, 15) is 13.6 Å². The molecule has 4 heterocycles. The molecule has 0 unspecified atom stereocenters. The summed E-state index contributed by atoms with van der Waals surface area (Å²) in [5.74, 6) is 1.05. The van der Waals surface area contributed by atoms with Crippen molar-refractivity contribution in [2.75, 3.05) is 38.8 Å². The first-order valence-corrected chi connectivity index (χ1v) is 11.5. The standard InChI is InChI=1S/C21H28F2N6O2.C2H6/c1-13-11-25-18(10-15(13)19(22)23)27(3)20-16-12-28(21(30)24-2)7-4-17(16)29(26-20)14-5-8-31-9-6-14;1-2/h10-11,14,19H,4-9,12H2,1-3H3,(H,24,30);1-2H3. The number of ether oxygens (including phenoxy) is 1. The van der Waals surface area contributed by atoms with E-state index in [0.717, 1.165) is 24.1 Å². The van der Waals surface area contributed by atoms with Crippen molar-refractivity contribution in [2.45, 2.75) is 59.0 Å². The molecule has 0 atom stereocenters. The van der Waals surface area contributed by atoms with Gasteiger partial charge in [-0.05, 0) is 31.4 Å². The number of aromatic nitrogens is 3. The first kappa shape index (κ1) is 24.9. The van der Waals surface area contributed by atoms with Crippen LogP contribution in [0.1, 0.15) is 61.5 Å². The summed E-state index contributed by atoms with van der Waals surface area (Å²) in [7, 11) is 3.39. The zero-order valence-corrected chi connectivity index (χ0v) is 20.1. The number of halogens is 2. The van der Waals surface area contributed by atoms with Crippen LogP contribution in [-0.4, -0.2) is 59.5 Å². The van der Waals surface area contributed by atoms with Gasteiger partial charge in [0, 0.05) is 63.3 Å². The van der Waals surface area contributed by atoms with E-state index < -0.39 is 6.43 Å². The molecule has 2 amide bonds. The number of carbonyl (C=O) groups is 1. The van der Waals surface area contributed by atoms with Gasteiger partial charge in [0.05, 0.1) is 12.6 Å². The number of fused-ring (bicyclic) bond motifs is 1. The molecule has 0 radical (unpaired) electrons. The fourth-order valence-corrected chi connectivity index (χ4v) is 4.32. The van der Waals surface area contributed by atoms with Gasteiger partial charge < -0.3 is 19.9 Å². The Labute approximate surface area is 193 Å². The minimum atomic E-state index is -2.58. The van der Waals surface area contributed by atoms with E-state index in [1.807, 2.05) is 13.8 Å². The third-order valence-corrected chi connectivity index (χ3v) is 6.13. The highest BCUT2D eigenvalue weighted by Crippen LogP contribution is 2.36. The van der Waals surface area contributed by atoms with Crippen LogP contribution in [0.3, 0.4) is 0 Å². The minimum absolute atomic E-state index is 0.0402. The van der Waals surface area contributed by atoms with E-state index in [4.69, 9.17) is 9.84 Å². The number of anilines is 2. The number of hydrogen-bond acceptors (Lipinski definition) is 5. The van der Waals surface area contributed by atoms with Crippen molar-refractivity contribution < 1.29 is 18.3 Å². The van der Waals surface area contributed by atoms with Gasteiger partial charge in [0.1, 0.15) is 5.82 Å². The number of urea groups is 1. The van der Waals surface area contributed by atoms with Crippen LogP contribution in [0.25, 0.3) is 0 Å². The molecule has 2 aliphatic rings. The zero-order chi connectivity index (χ0) is 24.1. The molecule has 2 aromatic rings. The smallest absolute Gasteiger partial charge is 0.317 e. The Bertz CT molecular complexity index is 959. The molecule has 0 bridgehead atoms. The molecular formula is C23H34F2N6O2. The van der Waals surface area contributed by atoms with Crippen LogP contribution in [0.4, 0.5) is 25.2 Å². The summed E-state index contributed by atoms with van der Waals surface area (Å²) in [6.07, 6.45) is 1.31. The van der Waals surface area contributed by atoms with Gasteiger partial charge in [-0.3, -0.25) is 4.68 Å². The number of amides is 2. The van der Waals surface area contributed by atoms with Crippen molar-refractivity contribution in [1.29, 1.82) is 0 Å². The highest BCUT2D eigenvalue weighted by atomic mass is 19.3. The van der Waals surface area contributed by atoms with Crippen LogP contribution in [0.2, 0.25) is 0 Å². The second-order valence-corrected chi connectivity index (χ2v) is 8.02. The minimum Gasteiger partial charge on any atom is -0.381 e. The van der Waals surface area contributed by atoms with Gasteiger partial charge in [-0.1, -0.05) is 13.8 Å². The predicted octanol–water partition coefficient (Wildman–Crippen LogP) is 4.37. The lowest BCUT2D eigenvalue weighted by atomic mass is 10.0. The highest BCUT2D eigenvalue weighted by molar-refractivity contribution is 5.75. The molecule has 33 heavy (non-hydrogen) atoms. The normalized spacial score (nSPS) is 16.2. The summed E-state index contributed by atoms with van der Waals surface area (Å²) in [6, 6.07) is 1.49. The van der Waals surface area contributed by atoms with E-state index in [1.165, 1.54) is 12.3 Å². The van der Waals surface area contributed by atoms with Crippen molar-refractivity contribution in [3.63, 3.8) is 0 Å². The molecular weight excluding hydrogens is 430 g/mol. The van der Waals surface area contributed by atoms with Crippen molar-refractivity contribution in [1.82, 2.24) is 25.0 Å². The summed E-state index contributed by atoms with van der Waals surface area (Å²) in [4.78, 5) is 20.1. The van der Waals surface area contributed by atoms with Gasteiger partial charge in [0.15, 0.2) is 5.82 Å². The van der Waals surface area contributed by atoms with Gasteiger partial charge in [-0.15, -0.1) is 0 Å². The molecule has 2 aromatic heterocycles. The first-order chi connectivity index (χ1) is 15.9. The number of nitrogens with zero attached hydrogens (tertiary/aromatic N) is 5. The Morgan fingerprint density at radius 1 is 1.30 bits per heavy atom. The molecule has 182 valence electrons. The SMILES string of the molecule is CC.CNC(=O)N1CCc2c(c(N(C)c3cc(C(F)F)c(C)cn3)nn2C2CCOCC2)C1. The molecule has 0 aromatic carbocycles. The molecule has 8 nitrogen and oxygen atoms in total. The molecule has 0 aliphatic carbocycles. The highest BCUT2D eigenvalue weighted by Gasteiger charge is 2.32. The van der Waals surface area contributed by atoms with Crippen LogP contribution < -0.4 is 10.2 Å². The lowest BCUT2D eigenvalue weighted by Crippen LogP contribution is -2.41. The quantitative estimate of drug-likeness (QED) is 0.727. The predicted molar refractivity (Wildman–Crippen MR) is 123 cm³/mol. The number of carbonyl (C=O) groups excluding carboxylic acids is 1. The lowest BCUT2D eigenvalue weighted by Gasteiger charge is -2.30. The van der Waals surface area contributed by atoms with Crippen molar-refractivity contribution in [3.05, 3.63) is 34.6 Å². The van der Waals surface area contributed by atoms with Gasteiger partial charge in [-0.25, -0.2) is 18.6 Å². The Balaban J connectivity index is 0.00000149. The fraction of sp³-hybridized carbons (Fsp3) is 0.609. The number of nitrogens with one attached hydrogen (secondary N) is 1. The fourth-order valence-electron chi connectivity index (χ4n) is 4.32. The Morgan fingerprint density at radius 3 is 2.64 bits per heavy atom. The monoisotopic (exact) mass is 464 g/mol. The van der Waals surface area contributed by atoms with Crippen molar-refractivity contribution >= 4 is 17.7 Å². The van der Waals surface area contributed by atoms with Gasteiger partial charge in [0.2, 0.25) is 0 Å². The average molecular weight is 465 g/mol. The van der Waals surface area contributed by atoms with E-state index in [2.05, 4.69) is 15.0 Å². The second kappa shape index (κ2) is 10.9. The van der Waals surface area contributed by atoms with Crippen LogP contribution in [0.15, 0.2) is 12.3 Å². The van der Waals surface area contributed by atoms with Crippen molar-refractivity contribution in [2.24, 2.45) is 0 Å². The van der Waals surface area contributed by atoms with Crippen LogP contribution in [-0.2, 0) is 17.7 Å². The average Bonchev–Trinajstić information content (AvgIpc) is 3.24. The molecule has 0 spiro atoms. The number of pyridine rings is 1. The Kier molecular flexibility index (Phi) is 8.23. The van der Waals surface area contributed by atoms with E-state index in [-0.39, 0.29) is 17.6 Å². The largest absolute Gasteiger partial charge is 0.381 e. The maximum Gasteiger partial charge on any atom is 0.317 e. The topological polar surface area (TPSA) is 75.5 Å². The third kappa shape index (κ3) is 5.10. The molecule has 10 heteroatoms. The summed E-state index contributed by atoms with van der Waals surface area (Å²) in [5, 5.41) is 7.59. The van der Waals surface area contributed by atoms with Crippen LogP contribution in [0.5, 0.6) is 0 Å². The lowest BCUT2D eigenvalue weighted by molar-refractivity contribution is 0.0651. The molecule has 1 saturated heterocycles. The zero-order valence-electron chi connectivity index (χ0n) is 20.1. The summed E-state index contributed by atoms with van der Waals surface area (Å²) < 4.78 is 34.5. The molecule has 1 N–H and O–H groups in total. The molecule has 0 saturated carbocycles. The summed E-state index contributed by atoms with van der Waals surface area (Å²) in [6.45, 7) is 8.01. The number of alkyl halides is 2. The maximum absolute atomic E-state index is 13.4.